The second kappa shape index (κ2) is 6.69. The smallest absolute Gasteiger partial charge is 0.319 e. The topological polar surface area (TPSA) is 75.5 Å². The van der Waals surface area contributed by atoms with Gasteiger partial charge in [0.1, 0.15) is 11.3 Å². The summed E-state index contributed by atoms with van der Waals surface area (Å²) in [7, 11) is 0. The van der Waals surface area contributed by atoms with Gasteiger partial charge in [0.05, 0.1) is 29.4 Å². The number of urea groups is 1. The lowest BCUT2D eigenvalue weighted by atomic mass is 9.74. The van der Waals surface area contributed by atoms with Gasteiger partial charge in [0.25, 0.3) is 0 Å². The Kier molecular flexibility index (Phi) is 4.30. The Hall–Kier alpha value is -1.76. The van der Waals surface area contributed by atoms with Crippen LogP contribution in [0, 0.1) is 0 Å². The molecule has 3 aliphatic rings. The summed E-state index contributed by atoms with van der Waals surface area (Å²) in [6, 6.07) is 4.14. The molecule has 1 aromatic heterocycles. The first-order chi connectivity index (χ1) is 13.1. The molecule has 27 heavy (non-hydrogen) atoms. The van der Waals surface area contributed by atoms with Crippen LogP contribution in [0.3, 0.4) is 0 Å². The molecule has 1 unspecified atom stereocenters. The first-order valence-corrected chi connectivity index (χ1v) is 10.2. The number of furan rings is 1. The van der Waals surface area contributed by atoms with Crippen molar-refractivity contribution in [3.63, 3.8) is 0 Å². The van der Waals surface area contributed by atoms with E-state index in [1.165, 1.54) is 6.42 Å². The second-order valence-electron chi connectivity index (χ2n) is 7.90. The van der Waals surface area contributed by atoms with E-state index >= 15 is 0 Å². The summed E-state index contributed by atoms with van der Waals surface area (Å²) in [4.78, 5) is 12.3. The Morgan fingerprint density at radius 3 is 2.89 bits per heavy atom. The summed E-state index contributed by atoms with van der Waals surface area (Å²) in [6.07, 6.45) is 6.23. The maximum Gasteiger partial charge on any atom is 0.319 e. The quantitative estimate of drug-likeness (QED) is 0.733. The van der Waals surface area contributed by atoms with Gasteiger partial charge in [0.15, 0.2) is 0 Å². The predicted octanol–water partition coefficient (Wildman–Crippen LogP) is 4.26. The van der Waals surface area contributed by atoms with Gasteiger partial charge in [-0.25, -0.2) is 4.79 Å². The van der Waals surface area contributed by atoms with Gasteiger partial charge in [0.2, 0.25) is 0 Å². The predicted molar refractivity (Wildman–Crippen MR) is 104 cm³/mol. The van der Waals surface area contributed by atoms with Crippen molar-refractivity contribution in [1.82, 2.24) is 10.6 Å². The maximum atomic E-state index is 12.3. The van der Waals surface area contributed by atoms with E-state index in [1.807, 2.05) is 6.07 Å². The van der Waals surface area contributed by atoms with Crippen molar-refractivity contribution in [2.24, 2.45) is 0 Å². The van der Waals surface area contributed by atoms with Gasteiger partial charge >= 0.3 is 6.03 Å². The fraction of sp³-hybridized carbons (Fsp3) is 0.550. The Labute approximate surface area is 162 Å². The number of anilines is 1. The van der Waals surface area contributed by atoms with Crippen LogP contribution in [0.15, 0.2) is 16.5 Å². The van der Waals surface area contributed by atoms with Crippen LogP contribution in [0.1, 0.15) is 49.8 Å². The molecular formula is C20H24ClN3O3. The number of hydrogen-bond donors (Lipinski definition) is 3. The molecule has 3 heterocycles. The summed E-state index contributed by atoms with van der Waals surface area (Å²) >= 11 is 6.56. The number of ether oxygens (including phenoxy) is 1. The van der Waals surface area contributed by atoms with E-state index in [9.17, 15) is 4.79 Å². The highest BCUT2D eigenvalue weighted by molar-refractivity contribution is 6.35. The summed E-state index contributed by atoms with van der Waals surface area (Å²) in [5.41, 5.74) is 2.16. The van der Waals surface area contributed by atoms with Crippen molar-refractivity contribution in [3.8, 4) is 0 Å². The van der Waals surface area contributed by atoms with Crippen LogP contribution in [0.4, 0.5) is 10.5 Å². The molecule has 1 aromatic carbocycles. The fourth-order valence-corrected chi connectivity index (χ4v) is 5.02. The van der Waals surface area contributed by atoms with Crippen LogP contribution in [0.5, 0.6) is 0 Å². The van der Waals surface area contributed by atoms with Gasteiger partial charge in [-0.05, 0) is 31.4 Å². The number of benzene rings is 1. The number of carbonyl (C=O) groups excluding carboxylic acids is 1. The van der Waals surface area contributed by atoms with Crippen molar-refractivity contribution >= 4 is 34.3 Å². The molecule has 5 rings (SSSR count). The first-order valence-electron chi connectivity index (χ1n) is 9.80. The zero-order chi connectivity index (χ0) is 18.4. The molecule has 2 aromatic rings. The molecule has 2 aliphatic heterocycles. The van der Waals surface area contributed by atoms with Gasteiger partial charge in [-0.3, -0.25) is 0 Å². The zero-order valence-electron chi connectivity index (χ0n) is 15.2. The first kappa shape index (κ1) is 17.3. The molecule has 2 amide bonds. The van der Waals surface area contributed by atoms with Crippen LogP contribution >= 0.6 is 11.6 Å². The minimum absolute atomic E-state index is 0.180. The normalized spacial score (nSPS) is 24.0. The third-order valence-corrected chi connectivity index (χ3v) is 6.38. The lowest BCUT2D eigenvalue weighted by Crippen LogP contribution is -2.52. The number of amides is 2. The van der Waals surface area contributed by atoms with E-state index in [4.69, 9.17) is 20.8 Å². The summed E-state index contributed by atoms with van der Waals surface area (Å²) in [6.45, 7) is 2.22. The van der Waals surface area contributed by atoms with Crippen LogP contribution in [0.25, 0.3) is 11.0 Å². The molecule has 1 atom stereocenters. The molecule has 144 valence electrons. The van der Waals surface area contributed by atoms with Crippen molar-refractivity contribution in [3.05, 3.63) is 28.5 Å². The number of nitrogens with one attached hydrogen (secondary N) is 3. The molecule has 1 spiro atoms. The summed E-state index contributed by atoms with van der Waals surface area (Å²) in [5.74, 6) is 0.879. The van der Waals surface area contributed by atoms with Crippen LogP contribution in [-0.2, 0) is 16.8 Å². The minimum Gasteiger partial charge on any atom is -0.459 e. The van der Waals surface area contributed by atoms with Crippen molar-refractivity contribution < 1.29 is 13.9 Å². The van der Waals surface area contributed by atoms with E-state index in [1.54, 1.807) is 0 Å². The third kappa shape index (κ3) is 3.00. The molecule has 0 radical (unpaired) electrons. The Morgan fingerprint density at radius 1 is 1.26 bits per heavy atom. The molecule has 1 aliphatic carbocycles. The highest BCUT2D eigenvalue weighted by Crippen LogP contribution is 2.48. The highest BCUT2D eigenvalue weighted by Gasteiger charge is 2.43. The number of fused-ring (bicyclic) bond motifs is 4. The van der Waals surface area contributed by atoms with Crippen LogP contribution in [-0.4, -0.2) is 25.3 Å². The van der Waals surface area contributed by atoms with Crippen molar-refractivity contribution in [2.75, 3.05) is 18.5 Å². The van der Waals surface area contributed by atoms with Gasteiger partial charge in [-0.15, -0.1) is 0 Å². The lowest BCUT2D eigenvalue weighted by Gasteiger charge is -2.42. The number of carbonyl (C=O) groups is 1. The van der Waals surface area contributed by atoms with E-state index in [2.05, 4.69) is 22.0 Å². The minimum atomic E-state index is -0.388. The molecule has 7 heteroatoms. The summed E-state index contributed by atoms with van der Waals surface area (Å²) in [5, 5.41) is 11.1. The lowest BCUT2D eigenvalue weighted by molar-refractivity contribution is 0.189. The highest BCUT2D eigenvalue weighted by atomic mass is 35.5. The Bertz CT molecular complexity index is 882. The molecule has 1 saturated carbocycles. The molecule has 3 N–H and O–H groups in total. The van der Waals surface area contributed by atoms with Crippen molar-refractivity contribution in [2.45, 2.75) is 56.7 Å². The summed E-state index contributed by atoms with van der Waals surface area (Å²) < 4.78 is 11.7. The molecule has 6 nitrogen and oxygen atoms in total. The van der Waals surface area contributed by atoms with E-state index in [0.29, 0.717) is 23.3 Å². The van der Waals surface area contributed by atoms with E-state index in [-0.39, 0.29) is 11.6 Å². The number of rotatable bonds is 3. The van der Waals surface area contributed by atoms with Crippen LogP contribution < -0.4 is 16.0 Å². The van der Waals surface area contributed by atoms with Gasteiger partial charge in [-0.1, -0.05) is 30.9 Å². The van der Waals surface area contributed by atoms with Gasteiger partial charge < -0.3 is 25.1 Å². The Morgan fingerprint density at radius 2 is 2.11 bits per heavy atom. The van der Waals surface area contributed by atoms with Gasteiger partial charge in [-0.2, -0.15) is 0 Å². The Balaban J connectivity index is 1.56. The number of hydrogen-bond acceptors (Lipinski definition) is 4. The largest absolute Gasteiger partial charge is 0.459 e. The third-order valence-electron chi connectivity index (χ3n) is 6.08. The van der Waals surface area contributed by atoms with Crippen molar-refractivity contribution in [1.29, 1.82) is 0 Å². The average molecular weight is 390 g/mol. The number of halogens is 1. The zero-order valence-corrected chi connectivity index (χ0v) is 16.0. The fourth-order valence-electron chi connectivity index (χ4n) is 4.76. The standard InChI is InChI=1S/C20H24ClN3O3/c21-15-9-12-8-14(10-22-13-4-7-26-11-13)27-18(12)16-17(15)23-19(25)24-20(16)5-2-1-3-6-20/h8-9,13,22H,1-7,10-11H2,(H2,23,24,25). The second-order valence-corrected chi connectivity index (χ2v) is 8.31. The van der Waals surface area contributed by atoms with E-state index < -0.39 is 0 Å². The molecule has 2 fully saturated rings. The molecule has 0 bridgehead atoms. The van der Waals surface area contributed by atoms with E-state index in [0.717, 1.165) is 67.6 Å². The van der Waals surface area contributed by atoms with Gasteiger partial charge in [0, 0.05) is 23.6 Å². The monoisotopic (exact) mass is 389 g/mol. The SMILES string of the molecule is O=C1Nc2c(Cl)cc3cc(CNC4CCOC4)oc3c2C2(CCCCC2)N1. The molecule has 1 saturated heterocycles. The average Bonchev–Trinajstić information content (AvgIpc) is 3.30. The maximum absolute atomic E-state index is 12.3. The molecular weight excluding hydrogens is 366 g/mol. The van der Waals surface area contributed by atoms with Crippen LogP contribution in [0.2, 0.25) is 5.02 Å².